The van der Waals surface area contributed by atoms with Crippen molar-refractivity contribution < 1.29 is 12.6 Å². The van der Waals surface area contributed by atoms with Crippen molar-refractivity contribution in [2.45, 2.75) is 43.4 Å². The molecule has 0 aromatic heterocycles. The second-order valence-electron chi connectivity index (χ2n) is 7.31. The highest BCUT2D eigenvalue weighted by molar-refractivity contribution is 7.86. The summed E-state index contributed by atoms with van der Waals surface area (Å²) in [5.74, 6) is 0.356. The van der Waals surface area contributed by atoms with Crippen molar-refractivity contribution in [2.75, 3.05) is 6.61 Å². The normalized spacial score (nSPS) is 11.7. The molecule has 3 nitrogen and oxygen atoms in total. The van der Waals surface area contributed by atoms with Gasteiger partial charge in [0.2, 0.25) is 0 Å². The van der Waals surface area contributed by atoms with E-state index < -0.39 is 10.1 Å². The zero-order valence-corrected chi connectivity index (χ0v) is 17.6. The summed E-state index contributed by atoms with van der Waals surface area (Å²) in [5, 5.41) is 0. The van der Waals surface area contributed by atoms with Crippen LogP contribution in [0.1, 0.15) is 48.3 Å². The Morgan fingerprint density at radius 3 is 1.83 bits per heavy atom. The third-order valence-corrected chi connectivity index (χ3v) is 6.42. The maximum absolute atomic E-state index is 12.2. The monoisotopic (exact) mass is 408 g/mol. The van der Waals surface area contributed by atoms with Crippen LogP contribution in [0.2, 0.25) is 0 Å². The van der Waals surface area contributed by atoms with E-state index in [4.69, 9.17) is 4.18 Å². The highest BCUT2D eigenvalue weighted by Crippen LogP contribution is 2.29. The molecule has 0 aliphatic carbocycles. The van der Waals surface area contributed by atoms with Gasteiger partial charge in [0.25, 0.3) is 10.1 Å². The molecule has 0 spiro atoms. The molecule has 0 N–H and O–H groups in total. The molecule has 0 saturated heterocycles. The minimum absolute atomic E-state index is 0.219. The number of benzene rings is 3. The summed E-state index contributed by atoms with van der Waals surface area (Å²) in [6.45, 7) is 2.15. The lowest BCUT2D eigenvalue weighted by atomic mass is 9.87. The minimum Gasteiger partial charge on any atom is -0.266 e. The van der Waals surface area contributed by atoms with E-state index in [9.17, 15) is 8.42 Å². The highest BCUT2D eigenvalue weighted by atomic mass is 32.2. The first-order chi connectivity index (χ1) is 14.1. The molecule has 0 amide bonds. The standard InChI is InChI=1S/C25H28O3S/c1-21-16-18-24(19-17-21)29(26,27)28-20-10-4-9-15-25(22-11-5-2-6-12-22)23-13-7-3-8-14-23/h2-3,5-8,11-14,16-19,25H,4,9-10,15,20H2,1H3. The van der Waals surface area contributed by atoms with Crippen LogP contribution in [0.5, 0.6) is 0 Å². The van der Waals surface area contributed by atoms with Gasteiger partial charge in [-0.3, -0.25) is 4.18 Å². The fraction of sp³-hybridized carbons (Fsp3) is 0.280. The van der Waals surface area contributed by atoms with Crippen LogP contribution in [-0.4, -0.2) is 15.0 Å². The Bertz CT molecular complexity index is 926. The first-order valence-corrected chi connectivity index (χ1v) is 11.5. The third-order valence-electron chi connectivity index (χ3n) is 5.09. The fourth-order valence-electron chi connectivity index (χ4n) is 3.47. The number of hydrogen-bond acceptors (Lipinski definition) is 3. The van der Waals surface area contributed by atoms with E-state index in [2.05, 4.69) is 48.5 Å². The van der Waals surface area contributed by atoms with Crippen LogP contribution in [0.4, 0.5) is 0 Å². The molecule has 0 aliphatic rings. The molecule has 0 radical (unpaired) electrons. The van der Waals surface area contributed by atoms with Crippen molar-refractivity contribution in [3.05, 3.63) is 102 Å². The predicted octanol–water partition coefficient (Wildman–Crippen LogP) is 6.09. The lowest BCUT2D eigenvalue weighted by Gasteiger charge is -2.18. The Kier molecular flexibility index (Phi) is 7.62. The van der Waals surface area contributed by atoms with Crippen molar-refractivity contribution in [2.24, 2.45) is 0 Å². The Balaban J connectivity index is 1.49. The second kappa shape index (κ2) is 10.4. The molecule has 3 aromatic carbocycles. The van der Waals surface area contributed by atoms with Gasteiger partial charge in [0.1, 0.15) is 0 Å². The zero-order chi connectivity index (χ0) is 20.5. The molecule has 3 rings (SSSR count). The topological polar surface area (TPSA) is 43.4 Å². The summed E-state index contributed by atoms with van der Waals surface area (Å²) >= 11 is 0. The average Bonchev–Trinajstić information content (AvgIpc) is 2.75. The van der Waals surface area contributed by atoms with Crippen molar-refractivity contribution in [1.82, 2.24) is 0 Å². The lowest BCUT2D eigenvalue weighted by Crippen LogP contribution is -2.08. The summed E-state index contributed by atoms with van der Waals surface area (Å²) in [4.78, 5) is 0.219. The maximum Gasteiger partial charge on any atom is 0.296 e. The SMILES string of the molecule is Cc1ccc(S(=O)(=O)OCCCCCC(c2ccccc2)c2ccccc2)cc1. The van der Waals surface area contributed by atoms with Gasteiger partial charge in [-0.05, 0) is 43.0 Å². The van der Waals surface area contributed by atoms with Gasteiger partial charge in [-0.1, -0.05) is 91.2 Å². The van der Waals surface area contributed by atoms with Crippen LogP contribution < -0.4 is 0 Å². The van der Waals surface area contributed by atoms with Crippen LogP contribution in [0.15, 0.2) is 89.8 Å². The van der Waals surface area contributed by atoms with Crippen LogP contribution >= 0.6 is 0 Å². The summed E-state index contributed by atoms with van der Waals surface area (Å²) in [5.41, 5.74) is 3.66. The van der Waals surface area contributed by atoms with E-state index in [0.717, 1.165) is 31.2 Å². The maximum atomic E-state index is 12.2. The molecule has 0 fully saturated rings. The van der Waals surface area contributed by atoms with Crippen LogP contribution in [0, 0.1) is 6.92 Å². The molecular weight excluding hydrogens is 380 g/mol. The summed E-state index contributed by atoms with van der Waals surface area (Å²) < 4.78 is 29.7. The van der Waals surface area contributed by atoms with E-state index in [1.165, 1.54) is 11.1 Å². The molecule has 0 heterocycles. The van der Waals surface area contributed by atoms with Gasteiger partial charge in [-0.15, -0.1) is 0 Å². The third kappa shape index (κ3) is 6.28. The number of rotatable bonds is 10. The molecule has 4 heteroatoms. The van der Waals surface area contributed by atoms with Gasteiger partial charge in [-0.25, -0.2) is 0 Å². The van der Waals surface area contributed by atoms with E-state index in [1.54, 1.807) is 24.3 Å². The highest BCUT2D eigenvalue weighted by Gasteiger charge is 2.15. The predicted molar refractivity (Wildman–Crippen MR) is 118 cm³/mol. The quantitative estimate of drug-likeness (QED) is 0.301. The Hall–Kier alpha value is -2.43. The Morgan fingerprint density at radius 1 is 0.724 bits per heavy atom. The van der Waals surface area contributed by atoms with Crippen molar-refractivity contribution >= 4 is 10.1 Å². The Morgan fingerprint density at radius 2 is 1.28 bits per heavy atom. The minimum atomic E-state index is -3.67. The molecule has 0 bridgehead atoms. The molecule has 0 saturated carbocycles. The largest absolute Gasteiger partial charge is 0.296 e. The van der Waals surface area contributed by atoms with Crippen molar-refractivity contribution in [3.8, 4) is 0 Å². The molecule has 0 unspecified atom stereocenters. The van der Waals surface area contributed by atoms with Crippen molar-refractivity contribution in [3.63, 3.8) is 0 Å². The fourth-order valence-corrected chi connectivity index (χ4v) is 4.41. The van der Waals surface area contributed by atoms with Gasteiger partial charge < -0.3 is 0 Å². The van der Waals surface area contributed by atoms with E-state index in [-0.39, 0.29) is 11.5 Å². The summed E-state index contributed by atoms with van der Waals surface area (Å²) in [7, 11) is -3.67. The number of unbranched alkanes of at least 4 members (excludes halogenated alkanes) is 2. The van der Waals surface area contributed by atoms with Gasteiger partial charge in [0, 0.05) is 5.92 Å². The van der Waals surface area contributed by atoms with Gasteiger partial charge in [0.05, 0.1) is 11.5 Å². The van der Waals surface area contributed by atoms with E-state index >= 15 is 0 Å². The lowest BCUT2D eigenvalue weighted by molar-refractivity contribution is 0.306. The molecule has 3 aromatic rings. The van der Waals surface area contributed by atoms with Gasteiger partial charge >= 0.3 is 0 Å². The van der Waals surface area contributed by atoms with E-state index in [0.29, 0.717) is 5.92 Å². The van der Waals surface area contributed by atoms with E-state index in [1.807, 2.05) is 19.1 Å². The van der Waals surface area contributed by atoms with Crippen LogP contribution in [0.3, 0.4) is 0 Å². The van der Waals surface area contributed by atoms with Crippen LogP contribution in [-0.2, 0) is 14.3 Å². The number of hydrogen-bond donors (Lipinski definition) is 0. The van der Waals surface area contributed by atoms with Gasteiger partial charge in [0.15, 0.2) is 0 Å². The zero-order valence-electron chi connectivity index (χ0n) is 16.8. The molecule has 29 heavy (non-hydrogen) atoms. The van der Waals surface area contributed by atoms with Crippen LogP contribution in [0.25, 0.3) is 0 Å². The summed E-state index contributed by atoms with van der Waals surface area (Å²) in [6.07, 6.45) is 3.70. The first-order valence-electron chi connectivity index (χ1n) is 10.1. The molecule has 152 valence electrons. The Labute approximate surface area is 174 Å². The molecule has 0 atom stereocenters. The molecular formula is C25H28O3S. The average molecular weight is 409 g/mol. The molecule has 0 aliphatic heterocycles. The van der Waals surface area contributed by atoms with Gasteiger partial charge in [-0.2, -0.15) is 8.42 Å². The number of aryl methyl sites for hydroxylation is 1. The van der Waals surface area contributed by atoms with Crippen molar-refractivity contribution in [1.29, 1.82) is 0 Å². The first kappa shape index (κ1) is 21.3. The summed E-state index contributed by atoms with van der Waals surface area (Å²) in [6, 6.07) is 27.8. The smallest absolute Gasteiger partial charge is 0.266 e. The second-order valence-corrected chi connectivity index (χ2v) is 8.93.